The van der Waals surface area contributed by atoms with Gasteiger partial charge in [-0.1, -0.05) is 102 Å². The van der Waals surface area contributed by atoms with E-state index in [0.717, 1.165) is 94.0 Å². The molecule has 3 unspecified atom stereocenters. The molecular weight excluding hydrogens is 809 g/mol. The van der Waals surface area contributed by atoms with Crippen molar-refractivity contribution in [3.8, 4) is 23.0 Å². The van der Waals surface area contributed by atoms with E-state index < -0.39 is 0 Å². The Hall–Kier alpha value is -2.52. The van der Waals surface area contributed by atoms with E-state index in [4.69, 9.17) is 23.7 Å². The van der Waals surface area contributed by atoms with E-state index in [1.54, 1.807) is 0 Å². The number of benzene rings is 2. The molecule has 2 aromatic rings. The first kappa shape index (κ1) is 50.4. The van der Waals surface area contributed by atoms with Crippen LogP contribution >= 0.6 is 0 Å². The van der Waals surface area contributed by atoms with E-state index in [0.29, 0.717) is 60.5 Å². The molecule has 2 aromatic carbocycles. The molecule has 0 bridgehead atoms. The van der Waals surface area contributed by atoms with Gasteiger partial charge < -0.3 is 39.4 Å². The van der Waals surface area contributed by atoms with E-state index in [-0.39, 0.29) is 45.7 Å². The third-order valence-corrected chi connectivity index (χ3v) is 18.6. The summed E-state index contributed by atoms with van der Waals surface area (Å²) in [6.45, 7) is 31.9. The van der Waals surface area contributed by atoms with Gasteiger partial charge in [-0.25, -0.2) is 0 Å². The Kier molecular flexibility index (Phi) is 15.7. The van der Waals surface area contributed by atoms with E-state index in [1.165, 1.54) is 36.0 Å². The lowest BCUT2D eigenvalue weighted by molar-refractivity contribution is -0.135. The van der Waals surface area contributed by atoms with Crippen molar-refractivity contribution in [2.45, 2.75) is 189 Å². The number of phenolic OH excluding ortho intramolecular Hbond substituents is 1. The number of phenols is 1. The molecule has 3 fully saturated rings. The van der Waals surface area contributed by atoms with Crippen molar-refractivity contribution < 1.29 is 28.8 Å². The van der Waals surface area contributed by atoms with Crippen LogP contribution in [0.4, 0.5) is 0 Å². The fourth-order valence-corrected chi connectivity index (χ4v) is 13.8. The largest absolute Gasteiger partial charge is 0.504 e. The molecule has 0 aromatic heterocycles. The highest BCUT2D eigenvalue weighted by molar-refractivity contribution is 5.61. The predicted molar refractivity (Wildman–Crippen MR) is 266 cm³/mol. The minimum atomic E-state index is -0.274. The fourth-order valence-electron chi connectivity index (χ4n) is 13.8. The molecule has 3 saturated carbocycles. The van der Waals surface area contributed by atoms with Gasteiger partial charge >= 0.3 is 0 Å². The molecule has 65 heavy (non-hydrogen) atoms. The maximum Gasteiger partial charge on any atom is 0.165 e. The number of hydrogen-bond acceptors (Lipinski definition) is 8. The van der Waals surface area contributed by atoms with Crippen LogP contribution in [0.1, 0.15) is 163 Å². The van der Waals surface area contributed by atoms with E-state index >= 15 is 0 Å². The number of hydrogen-bond donors (Lipinski definition) is 3. The molecule has 0 amide bonds. The van der Waals surface area contributed by atoms with Gasteiger partial charge in [0.1, 0.15) is 19.3 Å². The number of nitrogens with one attached hydrogen (secondary N) is 2. The normalized spacial score (nSPS) is 31.8. The molecule has 12 atom stereocenters. The highest BCUT2D eigenvalue weighted by Crippen LogP contribution is 2.64. The maximum absolute atomic E-state index is 12.5. The van der Waals surface area contributed by atoms with Crippen LogP contribution < -0.4 is 24.8 Å². The lowest BCUT2D eigenvalue weighted by Crippen LogP contribution is -2.65. The van der Waals surface area contributed by atoms with Crippen LogP contribution in [0.3, 0.4) is 0 Å². The van der Waals surface area contributed by atoms with Gasteiger partial charge in [-0.3, -0.25) is 0 Å². The van der Waals surface area contributed by atoms with Gasteiger partial charge in [0.15, 0.2) is 23.0 Å². The molecule has 4 aliphatic carbocycles. The first-order chi connectivity index (χ1) is 30.9. The van der Waals surface area contributed by atoms with Crippen LogP contribution in [0, 0.1) is 52.3 Å². The molecule has 0 saturated heterocycles. The number of rotatable bonds is 21. The summed E-state index contributed by atoms with van der Waals surface area (Å²) >= 11 is 0. The van der Waals surface area contributed by atoms with Gasteiger partial charge in [-0.15, -0.1) is 0 Å². The topological polar surface area (TPSA) is 90.4 Å². The first-order valence-electron chi connectivity index (χ1n) is 26.4. The summed E-state index contributed by atoms with van der Waals surface area (Å²) < 4.78 is 33.6. The molecule has 8 nitrogen and oxygen atoms in total. The Morgan fingerprint density at radius 1 is 0.815 bits per heavy atom. The molecule has 7 rings (SSSR count). The van der Waals surface area contributed by atoms with Gasteiger partial charge in [-0.05, 0) is 159 Å². The quantitative estimate of drug-likeness (QED) is 0.107. The fraction of sp³-hybridized carbons (Fsp3) is 0.789. The Morgan fingerprint density at radius 2 is 1.49 bits per heavy atom. The second-order valence-electron chi connectivity index (χ2n) is 23.7. The van der Waals surface area contributed by atoms with Crippen LogP contribution in [0.2, 0.25) is 0 Å². The third-order valence-electron chi connectivity index (χ3n) is 18.6. The van der Waals surface area contributed by atoms with Crippen LogP contribution in [0.5, 0.6) is 23.0 Å². The third kappa shape index (κ3) is 9.48. The van der Waals surface area contributed by atoms with Crippen molar-refractivity contribution in [1.29, 1.82) is 0 Å². The number of methoxy groups -OCH3 is 2. The zero-order valence-electron chi connectivity index (χ0n) is 43.5. The Bertz CT molecular complexity index is 1900. The zero-order chi connectivity index (χ0) is 47.1. The minimum Gasteiger partial charge on any atom is -0.504 e. The number of ether oxygens (including phenoxy) is 5. The van der Waals surface area contributed by atoms with Crippen LogP contribution in [-0.2, 0) is 33.1 Å². The standard InChI is InChI=1S/C57H92N2O6/c1-15-19-26-58-34-40-30-41(35(5)54(7,8)9)47(61-13)32-56(40,17-3)48-38(16-2)22-24-45(50(48)60)63-27-28-64-46-25-23-39-29-44(59-33-37-20-21-37)43-31-42(36(6)55(10,11)12)51(62-14)53-57(43,18-4)49(39)52(46)65-53/h22-25,35-37,40-44,47,51,53,58-60H,15-21,26-34H2,1-14H3/t35-,36-,40?,41-,42?,43?,44-,47+,51-,53+,56+,57+/m1/s1. The zero-order valence-corrected chi connectivity index (χ0v) is 43.5. The summed E-state index contributed by atoms with van der Waals surface area (Å²) in [4.78, 5) is 0. The predicted octanol–water partition coefficient (Wildman–Crippen LogP) is 11.8. The minimum absolute atomic E-state index is 0.0171. The van der Waals surface area contributed by atoms with Gasteiger partial charge in [0, 0.05) is 42.2 Å². The summed E-state index contributed by atoms with van der Waals surface area (Å²) in [5, 5.41) is 20.5. The highest BCUT2D eigenvalue weighted by Gasteiger charge is 2.66. The Balaban J connectivity index is 1.15. The average Bonchev–Trinajstić information content (AvgIpc) is 4.05. The highest BCUT2D eigenvalue weighted by atomic mass is 16.6. The van der Waals surface area contributed by atoms with Gasteiger partial charge in [0.25, 0.3) is 0 Å². The second-order valence-corrected chi connectivity index (χ2v) is 23.7. The molecule has 1 heterocycles. The molecule has 366 valence electrons. The van der Waals surface area contributed by atoms with Crippen molar-refractivity contribution in [1.82, 2.24) is 10.6 Å². The molecule has 3 N–H and O–H groups in total. The van der Waals surface area contributed by atoms with E-state index in [1.807, 2.05) is 20.3 Å². The lowest BCUT2D eigenvalue weighted by atomic mass is 9.49. The van der Waals surface area contributed by atoms with Crippen molar-refractivity contribution >= 4 is 0 Å². The molecule has 5 aliphatic rings. The monoisotopic (exact) mass is 901 g/mol. The molecule has 1 aliphatic heterocycles. The Morgan fingerprint density at radius 3 is 2.09 bits per heavy atom. The summed E-state index contributed by atoms with van der Waals surface area (Å²) in [5.41, 5.74) is 4.90. The van der Waals surface area contributed by atoms with Crippen molar-refractivity contribution in [2.75, 3.05) is 47.1 Å². The van der Waals surface area contributed by atoms with Crippen molar-refractivity contribution in [3.05, 3.63) is 46.5 Å². The van der Waals surface area contributed by atoms with Crippen molar-refractivity contribution in [3.63, 3.8) is 0 Å². The number of aryl methyl sites for hydroxylation is 1. The average molecular weight is 901 g/mol. The van der Waals surface area contributed by atoms with Crippen molar-refractivity contribution in [2.24, 2.45) is 52.3 Å². The van der Waals surface area contributed by atoms with Crippen LogP contribution in [-0.4, -0.2) is 76.5 Å². The number of unbranched alkanes of at least 4 members (excludes halogenated alkanes) is 1. The molecule has 0 radical (unpaired) electrons. The van der Waals surface area contributed by atoms with E-state index in [9.17, 15) is 5.11 Å². The summed E-state index contributed by atoms with van der Waals surface area (Å²) in [6.07, 6.45) is 11.8. The molecule has 8 heteroatoms. The SMILES string of the molecule is CCCCNCC1C[C@H]([C@@H](C)C(C)(C)C)[C@@H](OC)C[C@]1(CC)c1c(CC)ccc(OCCOc2ccc3c4c2O[C@H]2[C@H](OC)C([C@@H](C)C(C)(C)C)CC([C@H](NCC5CC5)C3)[C@@]42CC)c1O. The summed E-state index contributed by atoms with van der Waals surface area (Å²) in [7, 11) is 3.80. The van der Waals surface area contributed by atoms with Gasteiger partial charge in [0.2, 0.25) is 0 Å². The number of aromatic hydroxyl groups is 1. The maximum atomic E-state index is 12.5. The lowest BCUT2D eigenvalue weighted by Gasteiger charge is -2.57. The van der Waals surface area contributed by atoms with E-state index in [2.05, 4.69) is 112 Å². The van der Waals surface area contributed by atoms with Crippen LogP contribution in [0.25, 0.3) is 0 Å². The molecule has 0 spiro atoms. The van der Waals surface area contributed by atoms with Crippen LogP contribution in [0.15, 0.2) is 24.3 Å². The van der Waals surface area contributed by atoms with Gasteiger partial charge in [0.05, 0.1) is 12.2 Å². The summed E-state index contributed by atoms with van der Waals surface area (Å²) in [5.74, 6) is 5.87. The van der Waals surface area contributed by atoms with Gasteiger partial charge in [-0.2, -0.15) is 0 Å². The second kappa shape index (κ2) is 20.2. The Labute approximate surface area is 395 Å². The molecular formula is C57H92N2O6. The smallest absolute Gasteiger partial charge is 0.165 e. The summed E-state index contributed by atoms with van der Waals surface area (Å²) in [6, 6.07) is 9.03. The first-order valence-corrected chi connectivity index (χ1v) is 26.4.